The zero-order valence-electron chi connectivity index (χ0n) is 9.71. The molecule has 0 saturated heterocycles. The average Bonchev–Trinajstić information content (AvgIpc) is 2.02. The SMILES string of the molecule is CCOC(COCC(C)(C)N)OCC. The van der Waals surface area contributed by atoms with Crippen LogP contribution in [0.1, 0.15) is 27.7 Å². The minimum Gasteiger partial charge on any atom is -0.374 e. The van der Waals surface area contributed by atoms with Crippen molar-refractivity contribution in [3.8, 4) is 0 Å². The van der Waals surface area contributed by atoms with Gasteiger partial charge in [0.15, 0.2) is 6.29 Å². The fourth-order valence-corrected chi connectivity index (χ4v) is 0.934. The van der Waals surface area contributed by atoms with Gasteiger partial charge in [-0.25, -0.2) is 0 Å². The Morgan fingerprint density at radius 1 is 1.14 bits per heavy atom. The highest BCUT2D eigenvalue weighted by Crippen LogP contribution is 2.01. The zero-order valence-corrected chi connectivity index (χ0v) is 9.71. The minimum atomic E-state index is -0.303. The molecular weight excluding hydrogens is 182 g/mol. The third kappa shape index (κ3) is 8.44. The van der Waals surface area contributed by atoms with Crippen molar-refractivity contribution >= 4 is 0 Å². The summed E-state index contributed by atoms with van der Waals surface area (Å²) in [6, 6.07) is 0. The van der Waals surface area contributed by atoms with Crippen LogP contribution in [0.4, 0.5) is 0 Å². The molecule has 0 amide bonds. The van der Waals surface area contributed by atoms with Crippen LogP contribution in [0.2, 0.25) is 0 Å². The molecule has 0 rings (SSSR count). The third-order valence-electron chi connectivity index (χ3n) is 1.43. The fourth-order valence-electron chi connectivity index (χ4n) is 0.934. The number of nitrogens with two attached hydrogens (primary N) is 1. The standard InChI is InChI=1S/C10H23NO3/c1-5-13-9(14-6-2)7-12-8-10(3,4)11/h9H,5-8,11H2,1-4H3. The number of hydrogen-bond acceptors (Lipinski definition) is 4. The summed E-state index contributed by atoms with van der Waals surface area (Å²) >= 11 is 0. The maximum absolute atomic E-state index is 5.76. The molecule has 0 spiro atoms. The van der Waals surface area contributed by atoms with Gasteiger partial charge in [0.05, 0.1) is 13.2 Å². The number of ether oxygens (including phenoxy) is 3. The van der Waals surface area contributed by atoms with Gasteiger partial charge in [0, 0.05) is 18.8 Å². The van der Waals surface area contributed by atoms with Crippen LogP contribution < -0.4 is 5.73 Å². The molecule has 0 atom stereocenters. The lowest BCUT2D eigenvalue weighted by molar-refractivity contribution is -0.169. The smallest absolute Gasteiger partial charge is 0.180 e. The highest BCUT2D eigenvalue weighted by molar-refractivity contribution is 4.70. The van der Waals surface area contributed by atoms with E-state index in [2.05, 4.69) is 0 Å². The van der Waals surface area contributed by atoms with E-state index in [1.54, 1.807) is 0 Å². The Bertz CT molecular complexity index is 128. The quantitative estimate of drug-likeness (QED) is 0.604. The lowest BCUT2D eigenvalue weighted by Gasteiger charge is -2.21. The second-order valence-corrected chi connectivity index (χ2v) is 3.84. The first-order chi connectivity index (χ1) is 6.49. The van der Waals surface area contributed by atoms with Gasteiger partial charge in [0.25, 0.3) is 0 Å². The Morgan fingerprint density at radius 2 is 1.64 bits per heavy atom. The van der Waals surface area contributed by atoms with Crippen molar-refractivity contribution in [2.24, 2.45) is 5.73 Å². The summed E-state index contributed by atoms with van der Waals surface area (Å²) in [5.41, 5.74) is 5.46. The zero-order chi connectivity index (χ0) is 11.0. The summed E-state index contributed by atoms with van der Waals surface area (Å²) in [6.07, 6.45) is -0.271. The molecule has 0 aromatic carbocycles. The van der Waals surface area contributed by atoms with Gasteiger partial charge >= 0.3 is 0 Å². The largest absolute Gasteiger partial charge is 0.374 e. The molecule has 4 nitrogen and oxygen atoms in total. The average molecular weight is 205 g/mol. The lowest BCUT2D eigenvalue weighted by atomic mass is 10.1. The number of rotatable bonds is 8. The van der Waals surface area contributed by atoms with Gasteiger partial charge in [-0.1, -0.05) is 0 Å². The topological polar surface area (TPSA) is 53.7 Å². The van der Waals surface area contributed by atoms with Crippen molar-refractivity contribution in [3.63, 3.8) is 0 Å². The summed E-state index contributed by atoms with van der Waals surface area (Å²) in [5, 5.41) is 0. The summed E-state index contributed by atoms with van der Waals surface area (Å²) in [6.45, 7) is 9.89. The van der Waals surface area contributed by atoms with E-state index in [-0.39, 0.29) is 11.8 Å². The van der Waals surface area contributed by atoms with E-state index in [0.29, 0.717) is 26.4 Å². The van der Waals surface area contributed by atoms with Gasteiger partial charge in [-0.05, 0) is 27.7 Å². The molecular formula is C10H23NO3. The van der Waals surface area contributed by atoms with Crippen molar-refractivity contribution in [2.75, 3.05) is 26.4 Å². The molecule has 14 heavy (non-hydrogen) atoms. The Morgan fingerprint density at radius 3 is 2.00 bits per heavy atom. The summed E-state index contributed by atoms with van der Waals surface area (Å²) in [4.78, 5) is 0. The van der Waals surface area contributed by atoms with Gasteiger partial charge in [-0.15, -0.1) is 0 Å². The molecule has 0 unspecified atom stereocenters. The minimum absolute atomic E-state index is 0.271. The molecule has 4 heteroatoms. The maximum atomic E-state index is 5.76. The second kappa shape index (κ2) is 7.17. The highest BCUT2D eigenvalue weighted by Gasteiger charge is 2.13. The van der Waals surface area contributed by atoms with Crippen LogP contribution in [-0.4, -0.2) is 38.3 Å². The van der Waals surface area contributed by atoms with Crippen molar-refractivity contribution in [1.29, 1.82) is 0 Å². The number of hydrogen-bond donors (Lipinski definition) is 1. The van der Waals surface area contributed by atoms with E-state index in [1.807, 2.05) is 27.7 Å². The second-order valence-electron chi connectivity index (χ2n) is 3.84. The molecule has 0 aromatic rings. The Balaban J connectivity index is 3.60. The van der Waals surface area contributed by atoms with Crippen LogP contribution in [0.15, 0.2) is 0 Å². The van der Waals surface area contributed by atoms with Gasteiger partial charge in [-0.2, -0.15) is 0 Å². The van der Waals surface area contributed by atoms with Crippen LogP contribution in [0, 0.1) is 0 Å². The predicted octanol–water partition coefficient (Wildman–Crippen LogP) is 1.14. The van der Waals surface area contributed by atoms with Gasteiger partial charge in [0.2, 0.25) is 0 Å². The van der Waals surface area contributed by atoms with Gasteiger partial charge < -0.3 is 19.9 Å². The third-order valence-corrected chi connectivity index (χ3v) is 1.43. The van der Waals surface area contributed by atoms with E-state index < -0.39 is 0 Å². The molecule has 0 aliphatic carbocycles. The monoisotopic (exact) mass is 205 g/mol. The lowest BCUT2D eigenvalue weighted by Crippen LogP contribution is -2.38. The first kappa shape index (κ1) is 13.8. The normalized spacial score (nSPS) is 12.4. The summed E-state index contributed by atoms with van der Waals surface area (Å²) < 4.78 is 16.0. The van der Waals surface area contributed by atoms with E-state index >= 15 is 0 Å². The molecule has 0 heterocycles. The molecule has 0 fully saturated rings. The Labute approximate surface area is 86.7 Å². The Kier molecular flexibility index (Phi) is 7.09. The van der Waals surface area contributed by atoms with Gasteiger partial charge in [-0.3, -0.25) is 0 Å². The van der Waals surface area contributed by atoms with Crippen LogP contribution in [-0.2, 0) is 14.2 Å². The fraction of sp³-hybridized carbons (Fsp3) is 1.00. The molecule has 0 saturated carbocycles. The van der Waals surface area contributed by atoms with Crippen molar-refractivity contribution in [3.05, 3.63) is 0 Å². The van der Waals surface area contributed by atoms with Crippen molar-refractivity contribution < 1.29 is 14.2 Å². The van der Waals surface area contributed by atoms with Gasteiger partial charge in [0.1, 0.15) is 0 Å². The van der Waals surface area contributed by atoms with E-state index in [9.17, 15) is 0 Å². The Hall–Kier alpha value is -0.160. The maximum Gasteiger partial charge on any atom is 0.180 e. The van der Waals surface area contributed by atoms with Crippen LogP contribution >= 0.6 is 0 Å². The predicted molar refractivity (Wildman–Crippen MR) is 56.1 cm³/mol. The molecule has 86 valence electrons. The van der Waals surface area contributed by atoms with Crippen molar-refractivity contribution in [2.45, 2.75) is 39.5 Å². The highest BCUT2D eigenvalue weighted by atomic mass is 16.7. The molecule has 2 N–H and O–H groups in total. The summed E-state index contributed by atoms with van der Waals surface area (Å²) in [7, 11) is 0. The molecule has 0 aliphatic rings. The molecule has 0 bridgehead atoms. The molecule has 0 aliphatic heterocycles. The molecule has 0 radical (unpaired) electrons. The van der Waals surface area contributed by atoms with Crippen LogP contribution in [0.25, 0.3) is 0 Å². The summed E-state index contributed by atoms with van der Waals surface area (Å²) in [5.74, 6) is 0. The van der Waals surface area contributed by atoms with E-state index in [0.717, 1.165) is 0 Å². The molecule has 0 aromatic heterocycles. The first-order valence-electron chi connectivity index (χ1n) is 5.09. The van der Waals surface area contributed by atoms with E-state index in [4.69, 9.17) is 19.9 Å². The van der Waals surface area contributed by atoms with E-state index in [1.165, 1.54) is 0 Å². The van der Waals surface area contributed by atoms with Crippen LogP contribution in [0.3, 0.4) is 0 Å². The van der Waals surface area contributed by atoms with Crippen LogP contribution in [0.5, 0.6) is 0 Å². The van der Waals surface area contributed by atoms with Crippen molar-refractivity contribution in [1.82, 2.24) is 0 Å². The first-order valence-corrected chi connectivity index (χ1v) is 5.09.